The molecule has 0 saturated carbocycles. The monoisotopic (exact) mass is 281 g/mol. The van der Waals surface area contributed by atoms with Crippen LogP contribution in [0, 0.1) is 0 Å². The lowest BCUT2D eigenvalue weighted by atomic mass is 10.2. The maximum atomic E-state index is 12.1. The summed E-state index contributed by atoms with van der Waals surface area (Å²) in [5, 5.41) is 13.1. The lowest BCUT2D eigenvalue weighted by Gasteiger charge is -2.06. The second-order valence-electron chi connectivity index (χ2n) is 4.11. The Hall–Kier alpha value is -1.70. The van der Waals surface area contributed by atoms with E-state index in [0.717, 1.165) is 0 Å². The van der Waals surface area contributed by atoms with Crippen molar-refractivity contribution in [2.24, 2.45) is 7.05 Å². The summed E-state index contributed by atoms with van der Waals surface area (Å²) in [6.45, 7) is -0.0594. The van der Waals surface area contributed by atoms with Gasteiger partial charge in [0.2, 0.25) is 10.0 Å². The Bertz CT molecular complexity index is 664. The summed E-state index contributed by atoms with van der Waals surface area (Å²) in [5.74, 6) is 0. The van der Waals surface area contributed by atoms with Gasteiger partial charge in [-0.15, -0.1) is 0 Å². The van der Waals surface area contributed by atoms with Gasteiger partial charge in [0.05, 0.1) is 23.7 Å². The molecule has 102 valence electrons. The minimum Gasteiger partial charge on any atom is -0.392 e. The molecule has 0 amide bonds. The van der Waals surface area contributed by atoms with Gasteiger partial charge in [-0.1, -0.05) is 12.1 Å². The number of hydrogen-bond acceptors (Lipinski definition) is 4. The van der Waals surface area contributed by atoms with Crippen LogP contribution in [0.25, 0.3) is 0 Å². The van der Waals surface area contributed by atoms with E-state index in [4.69, 9.17) is 5.11 Å². The Morgan fingerprint density at radius 3 is 2.79 bits per heavy atom. The van der Waals surface area contributed by atoms with E-state index in [1.807, 2.05) is 0 Å². The first-order valence-electron chi connectivity index (χ1n) is 5.69. The molecule has 1 heterocycles. The number of nitrogens with one attached hydrogen (secondary N) is 1. The van der Waals surface area contributed by atoms with Gasteiger partial charge in [0.1, 0.15) is 0 Å². The Morgan fingerprint density at radius 2 is 2.16 bits per heavy atom. The second-order valence-corrected chi connectivity index (χ2v) is 5.88. The third-order valence-corrected chi connectivity index (χ3v) is 4.00. The van der Waals surface area contributed by atoms with Crippen molar-refractivity contribution in [3.63, 3.8) is 0 Å². The summed E-state index contributed by atoms with van der Waals surface area (Å²) < 4.78 is 28.2. The topological polar surface area (TPSA) is 84.2 Å². The number of aliphatic hydroxyl groups is 1. The molecule has 0 aliphatic rings. The summed E-state index contributed by atoms with van der Waals surface area (Å²) in [4.78, 5) is 0.134. The zero-order chi connectivity index (χ0) is 13.9. The molecule has 0 fully saturated rings. The van der Waals surface area contributed by atoms with Crippen molar-refractivity contribution in [3.05, 3.63) is 47.8 Å². The lowest BCUT2D eigenvalue weighted by molar-refractivity contribution is 0.281. The number of aromatic nitrogens is 2. The smallest absolute Gasteiger partial charge is 0.240 e. The molecule has 0 atom stereocenters. The van der Waals surface area contributed by atoms with Gasteiger partial charge in [0.25, 0.3) is 0 Å². The molecule has 2 N–H and O–H groups in total. The van der Waals surface area contributed by atoms with E-state index in [-0.39, 0.29) is 18.0 Å². The molecule has 0 bridgehead atoms. The van der Waals surface area contributed by atoms with Crippen molar-refractivity contribution in [2.45, 2.75) is 18.0 Å². The van der Waals surface area contributed by atoms with Crippen molar-refractivity contribution in [2.75, 3.05) is 0 Å². The first-order chi connectivity index (χ1) is 9.01. The molecule has 2 aromatic rings. The van der Waals surface area contributed by atoms with Crippen molar-refractivity contribution in [3.8, 4) is 0 Å². The van der Waals surface area contributed by atoms with Gasteiger partial charge in [-0.25, -0.2) is 13.1 Å². The second kappa shape index (κ2) is 5.52. The highest BCUT2D eigenvalue weighted by atomic mass is 32.2. The quantitative estimate of drug-likeness (QED) is 0.830. The normalized spacial score (nSPS) is 11.7. The van der Waals surface area contributed by atoms with Crippen molar-refractivity contribution in [1.82, 2.24) is 14.5 Å². The standard InChI is InChI=1S/C12H15N3O3S/c1-15-6-5-11(14-15)8-13-19(17,18)12-4-2-3-10(7-12)9-16/h2-7,13,16H,8-9H2,1H3. The van der Waals surface area contributed by atoms with Gasteiger partial charge in [-0.3, -0.25) is 4.68 Å². The molecule has 7 heteroatoms. The van der Waals surface area contributed by atoms with E-state index in [9.17, 15) is 8.42 Å². The fourth-order valence-electron chi connectivity index (χ4n) is 1.62. The average molecular weight is 281 g/mol. The predicted octanol–water partition coefficient (Wildman–Crippen LogP) is 0.391. The summed E-state index contributed by atoms with van der Waals surface area (Å²) >= 11 is 0. The SMILES string of the molecule is Cn1ccc(CNS(=O)(=O)c2cccc(CO)c2)n1. The molecule has 2 rings (SSSR count). The number of aliphatic hydroxyl groups excluding tert-OH is 1. The number of hydrogen-bond donors (Lipinski definition) is 2. The molecule has 0 spiro atoms. The van der Waals surface area contributed by atoms with Gasteiger partial charge in [-0.2, -0.15) is 5.10 Å². The van der Waals surface area contributed by atoms with Crippen LogP contribution >= 0.6 is 0 Å². The van der Waals surface area contributed by atoms with Crippen molar-refractivity contribution in [1.29, 1.82) is 0 Å². The van der Waals surface area contributed by atoms with E-state index >= 15 is 0 Å². The van der Waals surface area contributed by atoms with Gasteiger partial charge in [0, 0.05) is 13.2 Å². The number of benzene rings is 1. The number of aryl methyl sites for hydroxylation is 1. The number of rotatable bonds is 5. The Balaban J connectivity index is 2.13. The zero-order valence-electron chi connectivity index (χ0n) is 10.4. The number of sulfonamides is 1. The molecule has 0 aliphatic carbocycles. The molecule has 1 aromatic heterocycles. The molecular formula is C12H15N3O3S. The molecule has 1 aromatic carbocycles. The maximum Gasteiger partial charge on any atom is 0.240 e. The lowest BCUT2D eigenvalue weighted by Crippen LogP contribution is -2.23. The first-order valence-corrected chi connectivity index (χ1v) is 7.17. The van der Waals surface area contributed by atoms with Crippen LogP contribution in [-0.2, 0) is 30.2 Å². The summed E-state index contributed by atoms with van der Waals surface area (Å²) in [7, 11) is -1.83. The Kier molecular flexibility index (Phi) is 3.98. The highest BCUT2D eigenvalue weighted by Crippen LogP contribution is 2.11. The highest BCUT2D eigenvalue weighted by molar-refractivity contribution is 7.89. The highest BCUT2D eigenvalue weighted by Gasteiger charge is 2.14. The fraction of sp³-hybridized carbons (Fsp3) is 0.250. The summed E-state index contributed by atoms with van der Waals surface area (Å²) in [5.41, 5.74) is 1.20. The number of nitrogens with zero attached hydrogens (tertiary/aromatic N) is 2. The summed E-state index contributed by atoms with van der Waals surface area (Å²) in [6, 6.07) is 7.94. The van der Waals surface area contributed by atoms with Crippen LogP contribution in [-0.4, -0.2) is 23.3 Å². The summed E-state index contributed by atoms with van der Waals surface area (Å²) in [6.07, 6.45) is 1.75. The van der Waals surface area contributed by atoms with Crippen LogP contribution in [0.3, 0.4) is 0 Å². The molecular weight excluding hydrogens is 266 g/mol. The fourth-order valence-corrected chi connectivity index (χ4v) is 2.69. The third-order valence-electron chi connectivity index (χ3n) is 2.60. The Labute approximate surface area is 111 Å². The molecule has 0 aliphatic heterocycles. The van der Waals surface area contributed by atoms with Crippen LogP contribution in [0.1, 0.15) is 11.3 Å². The maximum absolute atomic E-state index is 12.1. The van der Waals surface area contributed by atoms with Crippen molar-refractivity contribution >= 4 is 10.0 Å². The minimum absolute atomic E-state index is 0.131. The van der Waals surface area contributed by atoms with Crippen LogP contribution in [0.5, 0.6) is 0 Å². The molecule has 0 radical (unpaired) electrons. The van der Waals surface area contributed by atoms with Crippen LogP contribution in [0.2, 0.25) is 0 Å². The van der Waals surface area contributed by atoms with Crippen molar-refractivity contribution < 1.29 is 13.5 Å². The van der Waals surface area contributed by atoms with E-state index in [1.165, 1.54) is 12.1 Å². The van der Waals surface area contributed by atoms with E-state index in [2.05, 4.69) is 9.82 Å². The van der Waals surface area contributed by atoms with Gasteiger partial charge < -0.3 is 5.11 Å². The van der Waals surface area contributed by atoms with Crippen LogP contribution in [0.15, 0.2) is 41.4 Å². The van der Waals surface area contributed by atoms with Crippen LogP contribution in [0.4, 0.5) is 0 Å². The third kappa shape index (κ3) is 3.40. The van der Waals surface area contributed by atoms with Gasteiger partial charge in [-0.05, 0) is 23.8 Å². The van der Waals surface area contributed by atoms with E-state index < -0.39 is 10.0 Å². The van der Waals surface area contributed by atoms with Gasteiger partial charge >= 0.3 is 0 Å². The van der Waals surface area contributed by atoms with E-state index in [1.54, 1.807) is 36.1 Å². The molecule has 6 nitrogen and oxygen atoms in total. The van der Waals surface area contributed by atoms with Crippen LogP contribution < -0.4 is 4.72 Å². The molecule has 0 unspecified atom stereocenters. The zero-order valence-corrected chi connectivity index (χ0v) is 11.3. The predicted molar refractivity (Wildman–Crippen MR) is 69.6 cm³/mol. The molecule has 0 saturated heterocycles. The van der Waals surface area contributed by atoms with Gasteiger partial charge in [0.15, 0.2) is 0 Å². The molecule has 19 heavy (non-hydrogen) atoms. The minimum atomic E-state index is -3.59. The van der Waals surface area contributed by atoms with E-state index in [0.29, 0.717) is 11.3 Å². The Morgan fingerprint density at radius 1 is 1.37 bits per heavy atom. The largest absolute Gasteiger partial charge is 0.392 e. The average Bonchev–Trinajstić information content (AvgIpc) is 2.82. The first kappa shape index (κ1) is 13.7.